The number of aryl methyl sites for hydroxylation is 2. The van der Waals surface area contributed by atoms with Crippen molar-refractivity contribution in [3.8, 4) is 17.2 Å². The zero-order valence-corrected chi connectivity index (χ0v) is 24.3. The smallest absolute Gasteiger partial charge is 0.221 e. The van der Waals surface area contributed by atoms with Crippen LogP contribution in [0.2, 0.25) is 0 Å². The van der Waals surface area contributed by atoms with Crippen molar-refractivity contribution >= 4 is 0 Å². The van der Waals surface area contributed by atoms with Crippen molar-refractivity contribution < 1.29 is 0 Å². The van der Waals surface area contributed by atoms with E-state index in [0.717, 1.165) is 49.6 Å². The number of H-pyrrole nitrogens is 1. The molecule has 212 valence electrons. The molecule has 0 amide bonds. The maximum Gasteiger partial charge on any atom is 0.221 e. The zero-order chi connectivity index (χ0) is 27.3. The summed E-state index contributed by atoms with van der Waals surface area (Å²) in [6.07, 6.45) is 16.9. The zero-order valence-electron chi connectivity index (χ0n) is 24.3. The molecule has 3 aromatic heterocycles. The Morgan fingerprint density at radius 1 is 0.850 bits per heavy atom. The van der Waals surface area contributed by atoms with Gasteiger partial charge in [0.1, 0.15) is 5.82 Å². The summed E-state index contributed by atoms with van der Waals surface area (Å²) in [5, 5.41) is 20.6. The lowest BCUT2D eigenvalue weighted by Crippen LogP contribution is -2.12. The lowest BCUT2D eigenvalue weighted by Gasteiger charge is -2.24. The molecule has 1 N–H and O–H groups in total. The summed E-state index contributed by atoms with van der Waals surface area (Å²) >= 11 is 0. The highest BCUT2D eigenvalue weighted by molar-refractivity contribution is 5.63. The monoisotopic (exact) mass is 540 g/mol. The van der Waals surface area contributed by atoms with Crippen LogP contribution in [0.15, 0.2) is 30.3 Å². The molecule has 2 saturated carbocycles. The van der Waals surface area contributed by atoms with E-state index in [2.05, 4.69) is 74.1 Å². The third-order valence-electron chi connectivity index (χ3n) is 8.95. The predicted octanol–water partition coefficient (Wildman–Crippen LogP) is 7.30. The van der Waals surface area contributed by atoms with Crippen molar-refractivity contribution in [1.82, 2.24) is 40.0 Å². The van der Waals surface area contributed by atoms with Gasteiger partial charge in [0.2, 0.25) is 5.82 Å². The molecule has 0 spiro atoms. The van der Waals surface area contributed by atoms with Crippen LogP contribution in [0.25, 0.3) is 17.2 Å². The molecule has 8 nitrogen and oxygen atoms in total. The summed E-state index contributed by atoms with van der Waals surface area (Å²) in [6.45, 7) is 5.14. The molecule has 4 aromatic rings. The van der Waals surface area contributed by atoms with Crippen LogP contribution in [-0.2, 0) is 19.4 Å². The maximum atomic E-state index is 4.85. The van der Waals surface area contributed by atoms with Gasteiger partial charge in [-0.3, -0.25) is 0 Å². The van der Waals surface area contributed by atoms with Gasteiger partial charge >= 0.3 is 0 Å². The molecule has 0 unspecified atom stereocenters. The lowest BCUT2D eigenvalue weighted by atomic mass is 9.82. The van der Waals surface area contributed by atoms with E-state index in [1.165, 1.54) is 86.7 Å². The van der Waals surface area contributed by atoms with Crippen LogP contribution < -0.4 is 0 Å². The fourth-order valence-electron chi connectivity index (χ4n) is 6.96. The second-order valence-electron chi connectivity index (χ2n) is 11.9. The highest BCUT2D eigenvalue weighted by atomic mass is 15.5. The van der Waals surface area contributed by atoms with Crippen LogP contribution in [0.5, 0.6) is 0 Å². The number of tetrazole rings is 1. The van der Waals surface area contributed by atoms with Gasteiger partial charge in [0.25, 0.3) is 0 Å². The summed E-state index contributed by atoms with van der Waals surface area (Å²) in [5.74, 6) is 3.90. The lowest BCUT2D eigenvalue weighted by molar-refractivity contribution is 0.432. The Morgan fingerprint density at radius 2 is 1.55 bits per heavy atom. The standard InChI is InChI=1S/C32H44N8/c1-3-11-29-33-30(12-4-2)39(36-29)22-23-17-19-26(20-18-23)40-28(25-15-9-6-10-16-25)21-27(24-13-7-5-8-14-24)31(40)32-34-37-38-35-32/h17-21,24-25H,3-16,22H2,1-2H3,(H,34,35,37,38). The molecule has 0 radical (unpaired) electrons. The van der Waals surface area contributed by atoms with Crippen LogP contribution in [-0.4, -0.2) is 40.0 Å². The summed E-state index contributed by atoms with van der Waals surface area (Å²) in [7, 11) is 0. The average molecular weight is 541 g/mol. The van der Waals surface area contributed by atoms with Gasteiger partial charge in [-0.2, -0.15) is 10.3 Å². The van der Waals surface area contributed by atoms with Crippen molar-refractivity contribution in [2.24, 2.45) is 0 Å². The molecule has 40 heavy (non-hydrogen) atoms. The molecule has 3 heterocycles. The van der Waals surface area contributed by atoms with Gasteiger partial charge < -0.3 is 4.57 Å². The molecule has 0 atom stereocenters. The highest BCUT2D eigenvalue weighted by Crippen LogP contribution is 2.44. The highest BCUT2D eigenvalue weighted by Gasteiger charge is 2.30. The van der Waals surface area contributed by atoms with Crippen LogP contribution in [0.3, 0.4) is 0 Å². The predicted molar refractivity (Wildman–Crippen MR) is 158 cm³/mol. The minimum atomic E-state index is 0.562. The molecule has 2 aliphatic carbocycles. The quantitative estimate of drug-likeness (QED) is 0.228. The van der Waals surface area contributed by atoms with Gasteiger partial charge in [-0.1, -0.05) is 64.5 Å². The third-order valence-corrected chi connectivity index (χ3v) is 8.95. The Hall–Kier alpha value is -3.29. The van der Waals surface area contributed by atoms with Crippen molar-refractivity contribution in [2.75, 3.05) is 0 Å². The van der Waals surface area contributed by atoms with Gasteiger partial charge in [0.05, 0.1) is 12.2 Å². The Kier molecular flexibility index (Phi) is 8.40. The van der Waals surface area contributed by atoms with Gasteiger partial charge in [0.15, 0.2) is 5.82 Å². The minimum Gasteiger partial charge on any atom is -0.310 e. The first kappa shape index (κ1) is 26.9. The van der Waals surface area contributed by atoms with Crippen molar-refractivity contribution in [1.29, 1.82) is 0 Å². The van der Waals surface area contributed by atoms with E-state index in [0.29, 0.717) is 17.7 Å². The van der Waals surface area contributed by atoms with E-state index in [1.54, 1.807) is 0 Å². The molecule has 2 fully saturated rings. The van der Waals surface area contributed by atoms with E-state index in [4.69, 9.17) is 10.1 Å². The fourth-order valence-corrected chi connectivity index (χ4v) is 6.96. The number of aromatic amines is 1. The minimum absolute atomic E-state index is 0.562. The maximum absolute atomic E-state index is 4.85. The third kappa shape index (κ3) is 5.63. The molecular weight excluding hydrogens is 496 g/mol. The average Bonchev–Trinajstić information content (AvgIpc) is 3.74. The van der Waals surface area contributed by atoms with Crippen LogP contribution >= 0.6 is 0 Å². The normalized spacial score (nSPS) is 17.1. The Bertz CT molecular complexity index is 1350. The second kappa shape index (κ2) is 12.5. The number of nitrogens with zero attached hydrogens (tertiary/aromatic N) is 7. The van der Waals surface area contributed by atoms with Crippen LogP contribution in [0.4, 0.5) is 0 Å². The number of hydrogen-bond donors (Lipinski definition) is 1. The largest absolute Gasteiger partial charge is 0.310 e. The molecular formula is C32H44N8. The molecule has 2 aliphatic rings. The number of nitrogens with one attached hydrogen (secondary N) is 1. The van der Waals surface area contributed by atoms with Gasteiger partial charge in [-0.15, -0.1) is 10.2 Å². The summed E-state index contributed by atoms with van der Waals surface area (Å²) < 4.78 is 4.59. The first-order valence-electron chi connectivity index (χ1n) is 15.8. The Morgan fingerprint density at radius 3 is 2.20 bits per heavy atom. The second-order valence-corrected chi connectivity index (χ2v) is 11.9. The topological polar surface area (TPSA) is 90.1 Å². The molecule has 0 aliphatic heterocycles. The number of hydrogen-bond acceptors (Lipinski definition) is 5. The van der Waals surface area contributed by atoms with E-state index in [-0.39, 0.29) is 0 Å². The molecule has 0 bridgehead atoms. The number of rotatable bonds is 10. The van der Waals surface area contributed by atoms with E-state index in [9.17, 15) is 0 Å². The number of benzene rings is 1. The van der Waals surface area contributed by atoms with Crippen LogP contribution in [0, 0.1) is 0 Å². The fraction of sp³-hybridized carbons (Fsp3) is 0.594. The first-order valence-corrected chi connectivity index (χ1v) is 15.8. The van der Waals surface area contributed by atoms with E-state index < -0.39 is 0 Å². The Labute approximate surface area is 238 Å². The van der Waals surface area contributed by atoms with Crippen molar-refractivity contribution in [3.05, 3.63) is 58.8 Å². The van der Waals surface area contributed by atoms with Crippen LogP contribution in [0.1, 0.15) is 131 Å². The first-order chi connectivity index (χ1) is 19.7. The van der Waals surface area contributed by atoms with Gasteiger partial charge in [-0.25, -0.2) is 9.67 Å². The van der Waals surface area contributed by atoms with E-state index in [1.807, 2.05) is 0 Å². The molecule has 8 heteroatoms. The summed E-state index contributed by atoms with van der Waals surface area (Å²) in [4.78, 5) is 4.83. The summed E-state index contributed by atoms with van der Waals surface area (Å²) in [5.41, 5.74) is 6.42. The van der Waals surface area contributed by atoms with E-state index >= 15 is 0 Å². The SMILES string of the molecule is CCCc1nc(CCC)n(Cc2ccc(-n3c(C4CCCCC4)cc(C4CCCCC4)c3-c3nn[nH]n3)cc2)n1. The molecule has 6 rings (SSSR count). The Balaban J connectivity index is 1.39. The van der Waals surface area contributed by atoms with Gasteiger partial charge in [-0.05, 0) is 84.9 Å². The molecule has 0 saturated heterocycles. The van der Waals surface area contributed by atoms with Crippen molar-refractivity contribution in [3.63, 3.8) is 0 Å². The van der Waals surface area contributed by atoms with Crippen molar-refractivity contribution in [2.45, 2.75) is 122 Å². The molecule has 1 aromatic carbocycles. The summed E-state index contributed by atoms with van der Waals surface area (Å²) in [6, 6.07) is 11.6. The number of aromatic nitrogens is 8. The van der Waals surface area contributed by atoms with Gasteiger partial charge in [0, 0.05) is 24.2 Å².